The van der Waals surface area contributed by atoms with Gasteiger partial charge in [0.25, 0.3) is 0 Å². The van der Waals surface area contributed by atoms with Crippen molar-refractivity contribution >= 4 is 23.7 Å². The zero-order valence-corrected chi connectivity index (χ0v) is 12.9. The van der Waals surface area contributed by atoms with Crippen molar-refractivity contribution in [3.8, 4) is 10.7 Å². The molecule has 0 aliphatic carbocycles. The summed E-state index contributed by atoms with van der Waals surface area (Å²) < 4.78 is 0. The number of thiazole rings is 1. The molecular formula is C14H19ClN4S. The molecule has 0 radical (unpaired) electrons. The summed E-state index contributed by atoms with van der Waals surface area (Å²) in [5.41, 5.74) is 7.89. The van der Waals surface area contributed by atoms with Gasteiger partial charge in [-0.1, -0.05) is 6.07 Å². The molecule has 1 aliphatic heterocycles. The fourth-order valence-electron chi connectivity index (χ4n) is 2.56. The van der Waals surface area contributed by atoms with E-state index in [-0.39, 0.29) is 12.4 Å². The molecule has 2 aromatic rings. The van der Waals surface area contributed by atoms with Gasteiger partial charge in [0, 0.05) is 30.7 Å². The normalized spacial score (nSPS) is 18.9. The van der Waals surface area contributed by atoms with Crippen molar-refractivity contribution < 1.29 is 0 Å². The molecule has 1 saturated heterocycles. The Balaban J connectivity index is 0.00000147. The molecule has 0 bridgehead atoms. The minimum absolute atomic E-state index is 0. The molecule has 2 aromatic heterocycles. The Hall–Kier alpha value is -1.01. The molecule has 20 heavy (non-hydrogen) atoms. The number of nitrogens with zero attached hydrogens (tertiary/aromatic N) is 3. The minimum atomic E-state index is 0. The lowest BCUT2D eigenvalue weighted by molar-refractivity contribution is 0.248. The predicted octanol–water partition coefficient (Wildman–Crippen LogP) is 2.55. The zero-order chi connectivity index (χ0) is 13.1. The summed E-state index contributed by atoms with van der Waals surface area (Å²) >= 11 is 1.66. The molecule has 4 nitrogen and oxygen atoms in total. The molecule has 6 heteroatoms. The Bertz CT molecular complexity index is 531. The monoisotopic (exact) mass is 310 g/mol. The van der Waals surface area contributed by atoms with Crippen LogP contribution in [0.25, 0.3) is 10.7 Å². The van der Waals surface area contributed by atoms with E-state index in [1.54, 1.807) is 17.5 Å². The lowest BCUT2D eigenvalue weighted by Crippen LogP contribution is -2.34. The lowest BCUT2D eigenvalue weighted by atomic mass is 10.2. The van der Waals surface area contributed by atoms with Crippen molar-refractivity contribution in [1.82, 2.24) is 14.9 Å². The fraction of sp³-hybridized carbons (Fsp3) is 0.429. The summed E-state index contributed by atoms with van der Waals surface area (Å²) in [4.78, 5) is 11.5. The van der Waals surface area contributed by atoms with Crippen LogP contribution in [0, 0.1) is 0 Å². The number of rotatable bonds is 4. The number of nitrogens with two attached hydrogens (primary N) is 1. The van der Waals surface area contributed by atoms with Crippen LogP contribution < -0.4 is 5.73 Å². The molecule has 1 aliphatic rings. The van der Waals surface area contributed by atoms with E-state index in [2.05, 4.69) is 20.2 Å². The van der Waals surface area contributed by atoms with Crippen LogP contribution in [0.5, 0.6) is 0 Å². The Morgan fingerprint density at radius 1 is 1.40 bits per heavy atom. The maximum absolute atomic E-state index is 5.80. The Morgan fingerprint density at radius 3 is 3.05 bits per heavy atom. The predicted molar refractivity (Wildman–Crippen MR) is 85.1 cm³/mol. The van der Waals surface area contributed by atoms with Gasteiger partial charge in [-0.2, -0.15) is 0 Å². The molecule has 0 spiro atoms. The lowest BCUT2D eigenvalue weighted by Gasteiger charge is -2.21. The van der Waals surface area contributed by atoms with Crippen molar-refractivity contribution in [1.29, 1.82) is 0 Å². The molecule has 0 saturated carbocycles. The number of hydrogen-bond donors (Lipinski definition) is 1. The van der Waals surface area contributed by atoms with Gasteiger partial charge in [0.2, 0.25) is 0 Å². The van der Waals surface area contributed by atoms with Crippen LogP contribution >= 0.6 is 23.7 Å². The van der Waals surface area contributed by atoms with Crippen molar-refractivity contribution in [3.63, 3.8) is 0 Å². The molecule has 2 N–H and O–H groups in total. The number of hydrogen-bond acceptors (Lipinski definition) is 5. The van der Waals surface area contributed by atoms with Gasteiger partial charge >= 0.3 is 0 Å². The molecular weight excluding hydrogens is 292 g/mol. The van der Waals surface area contributed by atoms with E-state index in [0.29, 0.717) is 6.04 Å². The van der Waals surface area contributed by atoms with E-state index in [0.717, 1.165) is 36.0 Å². The van der Waals surface area contributed by atoms with Gasteiger partial charge in [-0.05, 0) is 31.5 Å². The van der Waals surface area contributed by atoms with Gasteiger partial charge in [-0.3, -0.25) is 9.88 Å². The van der Waals surface area contributed by atoms with Crippen LogP contribution in [0.1, 0.15) is 18.5 Å². The van der Waals surface area contributed by atoms with Crippen molar-refractivity contribution in [2.45, 2.75) is 25.4 Å². The third-order valence-electron chi connectivity index (χ3n) is 3.57. The first-order chi connectivity index (χ1) is 9.36. The third-order valence-corrected chi connectivity index (χ3v) is 4.49. The van der Waals surface area contributed by atoms with E-state index in [9.17, 15) is 0 Å². The van der Waals surface area contributed by atoms with Crippen molar-refractivity contribution in [2.75, 3.05) is 13.1 Å². The van der Waals surface area contributed by atoms with Crippen LogP contribution in [0.15, 0.2) is 29.8 Å². The average Bonchev–Trinajstić information content (AvgIpc) is 3.09. The van der Waals surface area contributed by atoms with E-state index < -0.39 is 0 Å². The molecule has 1 unspecified atom stereocenters. The van der Waals surface area contributed by atoms with E-state index in [4.69, 9.17) is 5.73 Å². The maximum atomic E-state index is 5.80. The molecule has 0 amide bonds. The molecule has 1 atom stereocenters. The highest BCUT2D eigenvalue weighted by molar-refractivity contribution is 7.13. The van der Waals surface area contributed by atoms with Gasteiger partial charge < -0.3 is 5.73 Å². The summed E-state index contributed by atoms with van der Waals surface area (Å²) in [6.45, 7) is 2.79. The molecule has 108 valence electrons. The summed E-state index contributed by atoms with van der Waals surface area (Å²) in [6, 6.07) is 6.45. The van der Waals surface area contributed by atoms with E-state index in [1.165, 1.54) is 12.8 Å². The summed E-state index contributed by atoms with van der Waals surface area (Å²) in [7, 11) is 0. The third kappa shape index (κ3) is 3.35. The first kappa shape index (κ1) is 15.4. The van der Waals surface area contributed by atoms with Crippen LogP contribution in [-0.4, -0.2) is 34.0 Å². The maximum Gasteiger partial charge on any atom is 0.142 e. The topological polar surface area (TPSA) is 55.0 Å². The second-order valence-corrected chi connectivity index (χ2v) is 5.72. The number of halogens is 1. The highest BCUT2D eigenvalue weighted by atomic mass is 35.5. The van der Waals surface area contributed by atoms with Gasteiger partial charge in [-0.15, -0.1) is 23.7 Å². The van der Waals surface area contributed by atoms with Gasteiger partial charge in [0.1, 0.15) is 5.01 Å². The Labute approximate surface area is 129 Å². The molecule has 0 aromatic carbocycles. The van der Waals surface area contributed by atoms with Gasteiger partial charge in [0.05, 0.1) is 11.4 Å². The van der Waals surface area contributed by atoms with Gasteiger partial charge in [0.15, 0.2) is 0 Å². The van der Waals surface area contributed by atoms with Crippen LogP contribution in [0.4, 0.5) is 0 Å². The Kier molecular flexibility index (Phi) is 5.48. The summed E-state index contributed by atoms with van der Waals surface area (Å²) in [6.07, 6.45) is 4.27. The average molecular weight is 311 g/mol. The largest absolute Gasteiger partial charge is 0.329 e. The zero-order valence-electron chi connectivity index (χ0n) is 11.2. The van der Waals surface area contributed by atoms with Crippen LogP contribution in [-0.2, 0) is 6.54 Å². The number of likely N-dealkylation sites (tertiary alicyclic amines) is 1. The first-order valence-electron chi connectivity index (χ1n) is 6.67. The van der Waals surface area contributed by atoms with Crippen molar-refractivity contribution in [2.24, 2.45) is 5.73 Å². The minimum Gasteiger partial charge on any atom is -0.329 e. The quantitative estimate of drug-likeness (QED) is 0.943. The number of pyridine rings is 1. The van der Waals surface area contributed by atoms with Crippen molar-refractivity contribution in [3.05, 3.63) is 35.5 Å². The fourth-order valence-corrected chi connectivity index (χ4v) is 3.35. The van der Waals surface area contributed by atoms with E-state index in [1.807, 2.05) is 18.2 Å². The SMILES string of the molecule is Cl.NCC1CCCN1Cc1csc(-c2ccccn2)n1. The van der Waals surface area contributed by atoms with Gasteiger partial charge in [-0.25, -0.2) is 4.98 Å². The smallest absolute Gasteiger partial charge is 0.142 e. The highest BCUT2D eigenvalue weighted by Crippen LogP contribution is 2.24. The highest BCUT2D eigenvalue weighted by Gasteiger charge is 2.23. The second-order valence-electron chi connectivity index (χ2n) is 4.86. The first-order valence-corrected chi connectivity index (χ1v) is 7.54. The summed E-state index contributed by atoms with van der Waals surface area (Å²) in [5.74, 6) is 0. The van der Waals surface area contributed by atoms with E-state index >= 15 is 0 Å². The standard InChI is InChI=1S/C14H18N4S.ClH/c15-8-12-4-3-7-18(12)9-11-10-19-14(17-11)13-5-1-2-6-16-13;/h1-2,5-6,10,12H,3-4,7-9,15H2;1H. The molecule has 3 rings (SSSR count). The Morgan fingerprint density at radius 2 is 2.30 bits per heavy atom. The number of aromatic nitrogens is 2. The van der Waals surface area contributed by atoms with Crippen LogP contribution in [0.2, 0.25) is 0 Å². The summed E-state index contributed by atoms with van der Waals surface area (Å²) in [5, 5.41) is 3.13. The second kappa shape index (κ2) is 7.13. The molecule has 1 fully saturated rings. The van der Waals surface area contributed by atoms with Crippen LogP contribution in [0.3, 0.4) is 0 Å². The molecule has 3 heterocycles.